The average molecular weight is 313 g/mol. The van der Waals surface area contributed by atoms with Gasteiger partial charge in [0.15, 0.2) is 0 Å². The lowest BCUT2D eigenvalue weighted by Gasteiger charge is -2.15. The summed E-state index contributed by atoms with van der Waals surface area (Å²) in [6.07, 6.45) is 5.30. The van der Waals surface area contributed by atoms with Gasteiger partial charge in [0.05, 0.1) is 5.69 Å². The summed E-state index contributed by atoms with van der Waals surface area (Å²) < 4.78 is 0. The van der Waals surface area contributed by atoms with Crippen LogP contribution in [0.1, 0.15) is 37.2 Å². The summed E-state index contributed by atoms with van der Waals surface area (Å²) in [5.74, 6) is 1.26. The number of aromatic nitrogens is 1. The molecular weight excluding hydrogens is 290 g/mol. The Morgan fingerprint density at radius 3 is 2.26 bits per heavy atom. The van der Waals surface area contributed by atoms with Crippen LogP contribution in [0.25, 0.3) is 0 Å². The van der Waals surface area contributed by atoms with Crippen LogP contribution in [-0.2, 0) is 4.79 Å². The highest BCUT2D eigenvalue weighted by atomic mass is 16.1. The normalized spacial score (nSPS) is 13.9. The van der Waals surface area contributed by atoms with Crippen LogP contribution in [0.4, 0.5) is 23.0 Å². The van der Waals surface area contributed by atoms with Gasteiger partial charge in [0.2, 0.25) is 6.41 Å². The third kappa shape index (κ3) is 4.60. The molecule has 1 fully saturated rings. The third-order valence-electron chi connectivity index (χ3n) is 3.90. The number of hydrogen-bond acceptors (Lipinski definition) is 5. The van der Waals surface area contributed by atoms with E-state index in [0.29, 0.717) is 23.8 Å². The molecule has 1 amide bonds. The molecule has 7 N–H and O–H groups in total. The van der Waals surface area contributed by atoms with Crippen molar-refractivity contribution >= 4 is 29.4 Å². The van der Waals surface area contributed by atoms with Crippen LogP contribution in [0.3, 0.4) is 0 Å². The van der Waals surface area contributed by atoms with E-state index in [1.807, 2.05) is 36.4 Å². The number of nitrogens with zero attached hydrogens (tertiary/aromatic N) is 1. The fourth-order valence-electron chi connectivity index (χ4n) is 2.73. The largest absolute Gasteiger partial charge is 0.399 e. The van der Waals surface area contributed by atoms with Gasteiger partial charge in [-0.15, -0.1) is 0 Å². The summed E-state index contributed by atoms with van der Waals surface area (Å²) in [4.78, 5) is 14.6. The van der Waals surface area contributed by atoms with Gasteiger partial charge in [0.25, 0.3) is 0 Å². The van der Waals surface area contributed by atoms with Crippen molar-refractivity contribution in [2.24, 2.45) is 0 Å². The Balaban J connectivity index is 0.000000229. The molecule has 0 bridgehead atoms. The smallest absolute Gasteiger partial charge is 0.212 e. The Hall–Kier alpha value is -2.76. The van der Waals surface area contributed by atoms with Crippen molar-refractivity contribution in [1.82, 2.24) is 4.98 Å². The summed E-state index contributed by atoms with van der Waals surface area (Å²) in [5, 5.41) is 2.59. The van der Waals surface area contributed by atoms with Gasteiger partial charge in [-0.2, -0.15) is 0 Å². The van der Waals surface area contributed by atoms with Crippen molar-refractivity contribution in [2.45, 2.75) is 31.6 Å². The molecule has 2 aromatic rings. The van der Waals surface area contributed by atoms with Gasteiger partial charge in [-0.1, -0.05) is 31.0 Å². The minimum absolute atomic E-state index is 0.270. The Morgan fingerprint density at radius 1 is 1.09 bits per heavy atom. The summed E-state index contributed by atoms with van der Waals surface area (Å²) >= 11 is 0. The first-order chi connectivity index (χ1) is 11.1. The molecule has 0 unspecified atom stereocenters. The van der Waals surface area contributed by atoms with E-state index in [1.165, 1.54) is 12.8 Å². The summed E-state index contributed by atoms with van der Waals surface area (Å²) in [6.45, 7) is 0. The number of amides is 1. The van der Waals surface area contributed by atoms with Gasteiger partial charge >= 0.3 is 0 Å². The predicted octanol–water partition coefficient (Wildman–Crippen LogP) is 2.74. The van der Waals surface area contributed by atoms with Crippen LogP contribution in [0.2, 0.25) is 0 Å². The molecule has 1 saturated carbocycles. The maximum absolute atomic E-state index is 10.5. The molecule has 6 heteroatoms. The Morgan fingerprint density at radius 2 is 1.74 bits per heavy atom. The summed E-state index contributed by atoms with van der Waals surface area (Å²) in [6, 6.07) is 11.3. The molecule has 3 rings (SSSR count). The Labute approximate surface area is 136 Å². The second-order valence-electron chi connectivity index (χ2n) is 5.55. The molecule has 0 radical (unpaired) electrons. The number of nitrogen functional groups attached to an aromatic ring is 3. The maximum Gasteiger partial charge on any atom is 0.212 e. The van der Waals surface area contributed by atoms with Crippen molar-refractivity contribution in [3.63, 3.8) is 0 Å². The molecule has 0 saturated heterocycles. The quantitative estimate of drug-likeness (QED) is 0.513. The van der Waals surface area contributed by atoms with E-state index < -0.39 is 0 Å². The second kappa shape index (κ2) is 8.03. The molecule has 122 valence electrons. The zero-order chi connectivity index (χ0) is 16.7. The lowest BCUT2D eigenvalue weighted by atomic mass is 9.98. The Bertz CT molecular complexity index is 639. The molecule has 0 spiro atoms. The molecular formula is C17H23N5O. The van der Waals surface area contributed by atoms with Crippen molar-refractivity contribution in [1.29, 1.82) is 0 Å². The first-order valence-electron chi connectivity index (χ1n) is 7.68. The first-order valence-corrected chi connectivity index (χ1v) is 7.68. The molecule has 1 aliphatic carbocycles. The number of rotatable bonds is 3. The maximum atomic E-state index is 10.5. The third-order valence-corrected chi connectivity index (χ3v) is 3.90. The lowest BCUT2D eigenvalue weighted by molar-refractivity contribution is -0.105. The van der Waals surface area contributed by atoms with Gasteiger partial charge in [0.1, 0.15) is 11.6 Å². The number of carbonyl (C=O) groups is 1. The minimum Gasteiger partial charge on any atom is -0.399 e. The van der Waals surface area contributed by atoms with Gasteiger partial charge in [-0.25, -0.2) is 4.98 Å². The molecule has 6 nitrogen and oxygen atoms in total. The first kappa shape index (κ1) is 16.6. The van der Waals surface area contributed by atoms with E-state index in [2.05, 4.69) is 10.3 Å². The highest BCUT2D eigenvalue weighted by molar-refractivity contribution is 5.75. The zero-order valence-corrected chi connectivity index (χ0v) is 13.0. The fourth-order valence-corrected chi connectivity index (χ4v) is 2.73. The van der Waals surface area contributed by atoms with E-state index in [9.17, 15) is 4.79 Å². The second-order valence-corrected chi connectivity index (χ2v) is 5.55. The van der Waals surface area contributed by atoms with Crippen molar-refractivity contribution in [3.8, 4) is 0 Å². The topological polar surface area (TPSA) is 120 Å². The number of para-hydroxylation sites is 1. The van der Waals surface area contributed by atoms with Gasteiger partial charge in [0, 0.05) is 11.3 Å². The molecule has 1 aromatic carbocycles. The van der Waals surface area contributed by atoms with Crippen LogP contribution in [-0.4, -0.2) is 11.4 Å². The number of carbonyl (C=O) groups excluding carboxylic acids is 1. The number of pyridine rings is 1. The minimum atomic E-state index is 0.270. The number of nitrogens with two attached hydrogens (primary N) is 3. The SMILES string of the molecule is Nc1cc(C2CCCC2)c(NC=O)nc1N.Nc1ccccc1. The zero-order valence-electron chi connectivity index (χ0n) is 13.0. The van der Waals surface area contributed by atoms with Crippen LogP contribution >= 0.6 is 0 Å². The molecule has 23 heavy (non-hydrogen) atoms. The van der Waals surface area contributed by atoms with Crippen molar-refractivity contribution in [3.05, 3.63) is 42.0 Å². The monoisotopic (exact) mass is 313 g/mol. The van der Waals surface area contributed by atoms with Gasteiger partial charge in [-0.05, 0) is 37.0 Å². The van der Waals surface area contributed by atoms with Gasteiger partial charge < -0.3 is 22.5 Å². The van der Waals surface area contributed by atoms with Crippen LogP contribution in [0.15, 0.2) is 36.4 Å². The standard InChI is InChI=1S/C11H16N4O.C6H7N/c12-9-5-8(7-3-1-2-4-7)11(14-6-16)15-10(9)13;7-6-4-2-1-3-5-6/h5-7H,1-4,12H2,(H3,13,14,15,16);1-5H,7H2. The molecule has 1 heterocycles. The number of benzene rings is 1. The highest BCUT2D eigenvalue weighted by Crippen LogP contribution is 2.38. The fraction of sp³-hybridized carbons (Fsp3) is 0.294. The number of nitrogens with one attached hydrogen (secondary N) is 1. The summed E-state index contributed by atoms with van der Waals surface area (Å²) in [7, 11) is 0. The Kier molecular flexibility index (Phi) is 5.80. The summed E-state index contributed by atoms with van der Waals surface area (Å²) in [5.41, 5.74) is 19.1. The van der Waals surface area contributed by atoms with E-state index in [4.69, 9.17) is 17.2 Å². The van der Waals surface area contributed by atoms with Crippen LogP contribution in [0.5, 0.6) is 0 Å². The number of hydrogen-bond donors (Lipinski definition) is 4. The van der Waals surface area contributed by atoms with E-state index in [0.717, 1.165) is 24.1 Å². The molecule has 0 atom stereocenters. The van der Waals surface area contributed by atoms with Crippen LogP contribution < -0.4 is 22.5 Å². The van der Waals surface area contributed by atoms with E-state index in [-0.39, 0.29) is 5.82 Å². The average Bonchev–Trinajstić information content (AvgIpc) is 3.06. The van der Waals surface area contributed by atoms with Crippen molar-refractivity contribution < 1.29 is 4.79 Å². The van der Waals surface area contributed by atoms with E-state index in [1.54, 1.807) is 0 Å². The van der Waals surface area contributed by atoms with Gasteiger partial charge in [-0.3, -0.25) is 4.79 Å². The number of anilines is 4. The highest BCUT2D eigenvalue weighted by Gasteiger charge is 2.21. The van der Waals surface area contributed by atoms with Crippen molar-refractivity contribution in [2.75, 3.05) is 22.5 Å². The molecule has 1 aromatic heterocycles. The lowest BCUT2D eigenvalue weighted by Crippen LogP contribution is -2.08. The van der Waals surface area contributed by atoms with E-state index >= 15 is 0 Å². The molecule has 0 aliphatic heterocycles. The van der Waals surface area contributed by atoms with Crippen LogP contribution in [0, 0.1) is 0 Å². The predicted molar refractivity (Wildman–Crippen MR) is 94.8 cm³/mol. The molecule has 1 aliphatic rings.